The van der Waals surface area contributed by atoms with Crippen LogP contribution in [0.5, 0.6) is 11.5 Å². The van der Waals surface area contributed by atoms with E-state index in [1.54, 1.807) is 6.07 Å². The number of halogens is 1. The molecule has 1 N–H and O–H groups in total. The number of hydrogen-bond acceptors (Lipinski definition) is 4. The van der Waals surface area contributed by atoms with Gasteiger partial charge in [-0.25, -0.2) is 0 Å². The molecular weight excluding hydrogens is 528 g/mol. The Morgan fingerprint density at radius 1 is 1.02 bits per heavy atom. The summed E-state index contributed by atoms with van der Waals surface area (Å²) in [5.74, 6) is 0.949. The Labute approximate surface area is 247 Å². The SMILES string of the molecule is C/C=C\c1ccccc1.CN1CC[C@]23c4c5ccc(O)c4O[C@H]2c2ncc(-c4ccc(Cl)cc4)cc2C[C@@]3(C)C1C5. The highest BCUT2D eigenvalue weighted by molar-refractivity contribution is 6.30. The molecule has 1 fully saturated rings. The number of rotatable bonds is 2. The van der Waals surface area contributed by atoms with E-state index in [-0.39, 0.29) is 22.7 Å². The zero-order chi connectivity index (χ0) is 28.4. The molecule has 2 aliphatic carbocycles. The largest absolute Gasteiger partial charge is 0.504 e. The topological polar surface area (TPSA) is 45.6 Å². The molecule has 1 spiro atoms. The van der Waals surface area contributed by atoms with Crippen LogP contribution in [0.25, 0.3) is 17.2 Å². The van der Waals surface area contributed by atoms with Crippen LogP contribution in [0.4, 0.5) is 0 Å². The van der Waals surface area contributed by atoms with Gasteiger partial charge in [0.1, 0.15) is 0 Å². The molecule has 1 saturated heterocycles. The number of phenolic OH excluding ortho intramolecular Hbond substituents is 1. The molecule has 41 heavy (non-hydrogen) atoms. The first kappa shape index (κ1) is 26.3. The van der Waals surface area contributed by atoms with E-state index in [4.69, 9.17) is 21.3 Å². The van der Waals surface area contributed by atoms with Crippen molar-refractivity contribution in [1.29, 1.82) is 0 Å². The number of nitrogens with zero attached hydrogens (tertiary/aromatic N) is 2. The first-order valence-electron chi connectivity index (χ1n) is 14.5. The number of allylic oxidation sites excluding steroid dienone is 1. The number of benzene rings is 3. The monoisotopic (exact) mass is 562 g/mol. The summed E-state index contributed by atoms with van der Waals surface area (Å²) in [5.41, 5.74) is 8.22. The molecule has 2 aliphatic heterocycles. The quantitative estimate of drug-likeness (QED) is 0.269. The molecule has 4 nitrogen and oxygen atoms in total. The van der Waals surface area contributed by atoms with Crippen LogP contribution >= 0.6 is 11.6 Å². The van der Waals surface area contributed by atoms with Crippen molar-refractivity contribution in [2.24, 2.45) is 5.41 Å². The maximum Gasteiger partial charge on any atom is 0.166 e. The predicted octanol–water partition coefficient (Wildman–Crippen LogP) is 8.02. The molecule has 8 rings (SSSR count). The highest BCUT2D eigenvalue weighted by Gasteiger charge is 2.70. The lowest BCUT2D eigenvalue weighted by Gasteiger charge is -2.64. The first-order chi connectivity index (χ1) is 19.9. The summed E-state index contributed by atoms with van der Waals surface area (Å²) in [7, 11) is 2.26. The van der Waals surface area contributed by atoms with Crippen molar-refractivity contribution in [3.8, 4) is 22.6 Å². The number of piperidine rings is 1. The number of pyridine rings is 1. The number of ether oxygens (including phenoxy) is 1. The Morgan fingerprint density at radius 2 is 1.80 bits per heavy atom. The normalized spacial score (nSPS) is 26.9. The second kappa shape index (κ2) is 9.75. The summed E-state index contributed by atoms with van der Waals surface area (Å²) in [6.45, 7) is 5.50. The highest BCUT2D eigenvalue weighted by Crippen LogP contribution is 2.71. The van der Waals surface area contributed by atoms with Crippen molar-refractivity contribution in [1.82, 2.24) is 9.88 Å². The van der Waals surface area contributed by atoms with E-state index >= 15 is 0 Å². The van der Waals surface area contributed by atoms with Crippen LogP contribution < -0.4 is 4.74 Å². The average Bonchev–Trinajstić information content (AvgIpc) is 3.33. The number of aromatic nitrogens is 1. The van der Waals surface area contributed by atoms with E-state index in [0.29, 0.717) is 11.8 Å². The van der Waals surface area contributed by atoms with Crippen molar-refractivity contribution >= 4 is 17.7 Å². The summed E-state index contributed by atoms with van der Waals surface area (Å²) in [5, 5.41) is 11.5. The minimum Gasteiger partial charge on any atom is -0.504 e. The lowest BCUT2D eigenvalue weighted by atomic mass is 9.44. The summed E-state index contributed by atoms with van der Waals surface area (Å²) < 4.78 is 6.65. The predicted molar refractivity (Wildman–Crippen MR) is 166 cm³/mol. The van der Waals surface area contributed by atoms with Crippen molar-refractivity contribution in [2.75, 3.05) is 13.6 Å². The van der Waals surface area contributed by atoms with Gasteiger partial charge in [0.25, 0.3) is 0 Å². The van der Waals surface area contributed by atoms with Crippen molar-refractivity contribution in [3.63, 3.8) is 0 Å². The molecule has 2 bridgehead atoms. The average molecular weight is 563 g/mol. The molecule has 4 aliphatic rings. The van der Waals surface area contributed by atoms with Gasteiger partial charge in [-0.2, -0.15) is 0 Å². The molecule has 0 saturated carbocycles. The third-order valence-electron chi connectivity index (χ3n) is 10.1. The lowest BCUT2D eigenvalue weighted by Crippen LogP contribution is -2.68. The maximum absolute atomic E-state index is 10.7. The summed E-state index contributed by atoms with van der Waals surface area (Å²) in [4.78, 5) is 7.54. The van der Waals surface area contributed by atoms with Gasteiger partial charge in [0.15, 0.2) is 17.6 Å². The Hall–Kier alpha value is -3.60. The molecule has 5 heteroatoms. The molecular formula is C36H35ClN2O2. The number of fused-ring (bicyclic) bond motifs is 2. The number of aromatic hydroxyl groups is 1. The molecule has 3 heterocycles. The van der Waals surface area contributed by atoms with Crippen LogP contribution in [0, 0.1) is 5.41 Å². The maximum atomic E-state index is 10.7. The minimum atomic E-state index is -0.158. The van der Waals surface area contributed by atoms with Gasteiger partial charge in [-0.05, 0) is 86.3 Å². The molecule has 0 amide bonds. The van der Waals surface area contributed by atoms with Crippen LogP contribution in [0.2, 0.25) is 5.02 Å². The summed E-state index contributed by atoms with van der Waals surface area (Å²) in [6, 6.07) is 24.8. The van der Waals surface area contributed by atoms with Gasteiger partial charge >= 0.3 is 0 Å². The van der Waals surface area contributed by atoms with Gasteiger partial charge in [0, 0.05) is 33.8 Å². The van der Waals surface area contributed by atoms with Gasteiger partial charge in [0.05, 0.1) is 11.1 Å². The summed E-state index contributed by atoms with van der Waals surface area (Å²) in [6.07, 6.45) is 8.89. The number of hydrogen-bond donors (Lipinski definition) is 1. The third kappa shape index (κ3) is 3.88. The van der Waals surface area contributed by atoms with E-state index in [1.165, 1.54) is 22.3 Å². The third-order valence-corrected chi connectivity index (χ3v) is 10.3. The fraction of sp³-hybridized carbons (Fsp3) is 0.306. The smallest absolute Gasteiger partial charge is 0.166 e. The van der Waals surface area contributed by atoms with Gasteiger partial charge in [-0.15, -0.1) is 0 Å². The van der Waals surface area contributed by atoms with Crippen molar-refractivity contribution < 1.29 is 9.84 Å². The van der Waals surface area contributed by atoms with Crippen molar-refractivity contribution in [2.45, 2.75) is 50.7 Å². The van der Waals surface area contributed by atoms with Crippen LogP contribution in [0.3, 0.4) is 0 Å². The molecule has 4 atom stereocenters. The zero-order valence-corrected chi connectivity index (χ0v) is 24.5. The van der Waals surface area contributed by atoms with Gasteiger partial charge in [-0.1, -0.05) is 79.2 Å². The molecule has 4 aromatic rings. The molecule has 3 aromatic carbocycles. The van der Waals surface area contributed by atoms with Gasteiger partial charge < -0.3 is 14.7 Å². The fourth-order valence-electron chi connectivity index (χ4n) is 8.16. The Bertz CT molecular complexity index is 1650. The second-order valence-electron chi connectivity index (χ2n) is 12.1. The van der Waals surface area contributed by atoms with Crippen LogP contribution in [0.15, 0.2) is 85.1 Å². The van der Waals surface area contributed by atoms with E-state index in [9.17, 15) is 5.11 Å². The van der Waals surface area contributed by atoms with E-state index in [2.05, 4.69) is 49.2 Å². The van der Waals surface area contributed by atoms with Crippen molar-refractivity contribution in [3.05, 3.63) is 118 Å². The highest BCUT2D eigenvalue weighted by atomic mass is 35.5. The molecule has 1 aromatic heterocycles. The summed E-state index contributed by atoms with van der Waals surface area (Å²) >= 11 is 6.10. The number of likely N-dealkylation sites (N-methyl/N-ethyl adjacent to an activating group) is 1. The lowest BCUT2D eigenvalue weighted by molar-refractivity contribution is -0.0911. The Kier molecular flexibility index (Phi) is 6.26. The fourth-order valence-corrected chi connectivity index (χ4v) is 8.29. The van der Waals surface area contributed by atoms with Crippen LogP contribution in [-0.2, 0) is 18.3 Å². The van der Waals surface area contributed by atoms with E-state index in [0.717, 1.165) is 47.7 Å². The van der Waals surface area contributed by atoms with Gasteiger partial charge in [-0.3, -0.25) is 4.98 Å². The first-order valence-corrected chi connectivity index (χ1v) is 14.9. The Balaban J connectivity index is 0.000000265. The minimum absolute atomic E-state index is 0.00398. The van der Waals surface area contributed by atoms with Crippen LogP contribution in [-0.4, -0.2) is 34.6 Å². The Morgan fingerprint density at radius 3 is 2.56 bits per heavy atom. The molecule has 208 valence electrons. The number of phenols is 1. The zero-order valence-electron chi connectivity index (χ0n) is 23.8. The standard InChI is InChI=1S/C27H25ClN2O2.C9H10/c1-26-13-17-11-18(15-3-6-19(28)7-4-15)14-29-23(17)25-27(26)9-10-30(2)21(26)12-16-5-8-20(31)24(32-25)22(16)27;1-2-6-9-7-4-3-5-8-9/h3-8,11,14,21,25,31H,9-10,12-13H2,1-2H3;2-8H,1H3/b;6-2-/t21?,25-,26-,27-;/m0./s1. The van der Waals surface area contributed by atoms with Crippen LogP contribution in [0.1, 0.15) is 54.3 Å². The van der Waals surface area contributed by atoms with Gasteiger partial charge in [0.2, 0.25) is 0 Å². The van der Waals surface area contributed by atoms with E-state index < -0.39 is 0 Å². The van der Waals surface area contributed by atoms with E-state index in [1.807, 2.05) is 61.7 Å². The molecule has 1 unspecified atom stereocenters. The molecule has 0 radical (unpaired) electrons. The second-order valence-corrected chi connectivity index (χ2v) is 12.6. The number of likely N-dealkylation sites (tertiary alicyclic amines) is 1.